The Morgan fingerprint density at radius 1 is 1.14 bits per heavy atom. The van der Waals surface area contributed by atoms with Crippen molar-refractivity contribution in [1.82, 2.24) is 0 Å². The van der Waals surface area contributed by atoms with Crippen molar-refractivity contribution in [3.8, 4) is 5.75 Å². The number of rotatable bonds is 5. The minimum atomic E-state index is -0.175. The van der Waals surface area contributed by atoms with E-state index in [4.69, 9.17) is 4.74 Å². The van der Waals surface area contributed by atoms with Crippen LogP contribution in [0.3, 0.4) is 0 Å². The molecule has 0 aliphatic carbocycles. The molecule has 3 nitrogen and oxygen atoms in total. The molecular formula is C19H21NO2. The predicted octanol–water partition coefficient (Wildman–Crippen LogP) is 4.51. The second-order valence-electron chi connectivity index (χ2n) is 5.44. The van der Waals surface area contributed by atoms with Crippen LogP contribution in [0.1, 0.15) is 28.4 Å². The molecule has 2 aromatic rings. The highest BCUT2D eigenvalue weighted by Gasteiger charge is 2.13. The number of ether oxygens (including phenoxy) is 1. The van der Waals surface area contributed by atoms with Gasteiger partial charge in [-0.25, -0.2) is 0 Å². The lowest BCUT2D eigenvalue weighted by Crippen LogP contribution is -2.15. The van der Waals surface area contributed by atoms with E-state index in [1.54, 1.807) is 12.1 Å². The van der Waals surface area contributed by atoms with Gasteiger partial charge in [-0.1, -0.05) is 30.8 Å². The summed E-state index contributed by atoms with van der Waals surface area (Å²) in [4.78, 5) is 12.5. The molecule has 0 spiro atoms. The Morgan fingerprint density at radius 3 is 2.59 bits per heavy atom. The SMILES string of the molecule is C=C(C)COc1ccccc1C(=O)Nc1cccc(C)c1C. The summed E-state index contributed by atoms with van der Waals surface area (Å²) >= 11 is 0. The minimum absolute atomic E-state index is 0.175. The van der Waals surface area contributed by atoms with Gasteiger partial charge in [-0.3, -0.25) is 4.79 Å². The average molecular weight is 295 g/mol. The molecule has 114 valence electrons. The monoisotopic (exact) mass is 295 g/mol. The van der Waals surface area contributed by atoms with E-state index < -0.39 is 0 Å². The van der Waals surface area contributed by atoms with Crippen molar-refractivity contribution in [2.45, 2.75) is 20.8 Å². The number of nitrogens with one attached hydrogen (secondary N) is 1. The van der Waals surface area contributed by atoms with Gasteiger partial charge in [0, 0.05) is 5.69 Å². The number of hydrogen-bond donors (Lipinski definition) is 1. The largest absolute Gasteiger partial charge is 0.488 e. The maximum absolute atomic E-state index is 12.5. The molecule has 1 N–H and O–H groups in total. The highest BCUT2D eigenvalue weighted by atomic mass is 16.5. The molecule has 0 bridgehead atoms. The van der Waals surface area contributed by atoms with Crippen LogP contribution in [-0.4, -0.2) is 12.5 Å². The summed E-state index contributed by atoms with van der Waals surface area (Å²) in [6, 6.07) is 13.1. The summed E-state index contributed by atoms with van der Waals surface area (Å²) in [5.41, 5.74) is 4.45. The summed E-state index contributed by atoms with van der Waals surface area (Å²) in [6.45, 7) is 10.1. The summed E-state index contributed by atoms with van der Waals surface area (Å²) in [5.74, 6) is 0.388. The number of amides is 1. The average Bonchev–Trinajstić information content (AvgIpc) is 2.50. The number of para-hydroxylation sites is 1. The summed E-state index contributed by atoms with van der Waals surface area (Å²) in [5, 5.41) is 2.95. The fourth-order valence-corrected chi connectivity index (χ4v) is 2.06. The quantitative estimate of drug-likeness (QED) is 0.824. The van der Waals surface area contributed by atoms with Crippen molar-refractivity contribution in [1.29, 1.82) is 0 Å². The lowest BCUT2D eigenvalue weighted by atomic mass is 10.1. The number of hydrogen-bond acceptors (Lipinski definition) is 2. The molecular weight excluding hydrogens is 274 g/mol. The highest BCUT2D eigenvalue weighted by molar-refractivity contribution is 6.06. The van der Waals surface area contributed by atoms with Crippen LogP contribution in [0.5, 0.6) is 5.75 Å². The molecule has 0 heterocycles. The molecule has 0 unspecified atom stereocenters. The van der Waals surface area contributed by atoms with Gasteiger partial charge in [-0.2, -0.15) is 0 Å². The van der Waals surface area contributed by atoms with E-state index in [2.05, 4.69) is 11.9 Å². The third-order valence-corrected chi connectivity index (χ3v) is 3.46. The fraction of sp³-hybridized carbons (Fsp3) is 0.211. The molecule has 2 aromatic carbocycles. The first kappa shape index (κ1) is 15.8. The number of benzene rings is 2. The van der Waals surface area contributed by atoms with Gasteiger partial charge in [0.1, 0.15) is 12.4 Å². The Bertz CT molecular complexity index is 704. The molecule has 0 aliphatic heterocycles. The van der Waals surface area contributed by atoms with Gasteiger partial charge in [0.25, 0.3) is 5.91 Å². The number of anilines is 1. The van der Waals surface area contributed by atoms with Gasteiger partial charge in [0.2, 0.25) is 0 Å². The van der Waals surface area contributed by atoms with Gasteiger partial charge < -0.3 is 10.1 Å². The Hall–Kier alpha value is -2.55. The molecule has 1 amide bonds. The Balaban J connectivity index is 2.22. The molecule has 0 aliphatic rings. The van der Waals surface area contributed by atoms with Gasteiger partial charge in [0.15, 0.2) is 0 Å². The van der Waals surface area contributed by atoms with Crippen LogP contribution < -0.4 is 10.1 Å². The van der Waals surface area contributed by atoms with Crippen LogP contribution in [0.15, 0.2) is 54.6 Å². The first-order chi connectivity index (χ1) is 10.5. The Kier molecular flexibility index (Phi) is 4.99. The maximum Gasteiger partial charge on any atom is 0.259 e. The number of carbonyl (C=O) groups excluding carboxylic acids is 1. The van der Waals surface area contributed by atoms with E-state index in [9.17, 15) is 4.79 Å². The standard InChI is InChI=1S/C19H21NO2/c1-13(2)12-22-18-11-6-5-9-16(18)19(21)20-17-10-7-8-14(3)15(17)4/h5-11H,1,12H2,2-4H3,(H,20,21). The molecule has 0 aromatic heterocycles. The molecule has 3 heteroatoms. The van der Waals surface area contributed by atoms with Crippen LogP contribution in [0, 0.1) is 13.8 Å². The van der Waals surface area contributed by atoms with E-state index in [0.29, 0.717) is 17.9 Å². The Labute approximate surface area is 131 Å². The van der Waals surface area contributed by atoms with E-state index >= 15 is 0 Å². The second kappa shape index (κ2) is 6.94. The van der Waals surface area contributed by atoms with Gasteiger partial charge in [-0.05, 0) is 55.7 Å². The van der Waals surface area contributed by atoms with Crippen LogP contribution in [-0.2, 0) is 0 Å². The zero-order chi connectivity index (χ0) is 16.1. The van der Waals surface area contributed by atoms with E-state index in [1.807, 2.05) is 51.1 Å². The molecule has 0 saturated carbocycles. The number of aryl methyl sites for hydroxylation is 1. The topological polar surface area (TPSA) is 38.3 Å². The van der Waals surface area contributed by atoms with Crippen molar-refractivity contribution in [2.24, 2.45) is 0 Å². The van der Waals surface area contributed by atoms with Crippen LogP contribution in [0.4, 0.5) is 5.69 Å². The number of carbonyl (C=O) groups is 1. The molecule has 0 fully saturated rings. The molecule has 22 heavy (non-hydrogen) atoms. The summed E-state index contributed by atoms with van der Waals surface area (Å²) in [6.07, 6.45) is 0. The third kappa shape index (κ3) is 3.76. The normalized spacial score (nSPS) is 10.1. The first-order valence-corrected chi connectivity index (χ1v) is 7.23. The zero-order valence-corrected chi connectivity index (χ0v) is 13.3. The molecule has 0 atom stereocenters. The molecule has 0 saturated heterocycles. The summed E-state index contributed by atoms with van der Waals surface area (Å²) < 4.78 is 5.65. The summed E-state index contributed by atoms with van der Waals surface area (Å²) in [7, 11) is 0. The third-order valence-electron chi connectivity index (χ3n) is 3.46. The van der Waals surface area contributed by atoms with Crippen LogP contribution in [0.25, 0.3) is 0 Å². The van der Waals surface area contributed by atoms with Crippen LogP contribution >= 0.6 is 0 Å². The van der Waals surface area contributed by atoms with Crippen molar-refractivity contribution in [3.63, 3.8) is 0 Å². The van der Waals surface area contributed by atoms with Gasteiger partial charge in [-0.15, -0.1) is 0 Å². The van der Waals surface area contributed by atoms with Crippen molar-refractivity contribution < 1.29 is 9.53 Å². The van der Waals surface area contributed by atoms with E-state index in [0.717, 1.165) is 22.4 Å². The highest BCUT2D eigenvalue weighted by Crippen LogP contribution is 2.23. The van der Waals surface area contributed by atoms with Crippen molar-refractivity contribution in [3.05, 3.63) is 71.3 Å². The lowest BCUT2D eigenvalue weighted by Gasteiger charge is -2.13. The lowest BCUT2D eigenvalue weighted by molar-refractivity contribution is 0.102. The smallest absolute Gasteiger partial charge is 0.259 e. The van der Waals surface area contributed by atoms with Crippen LogP contribution in [0.2, 0.25) is 0 Å². The van der Waals surface area contributed by atoms with Crippen molar-refractivity contribution in [2.75, 3.05) is 11.9 Å². The Morgan fingerprint density at radius 2 is 1.86 bits per heavy atom. The first-order valence-electron chi connectivity index (χ1n) is 7.23. The molecule has 2 rings (SSSR count). The second-order valence-corrected chi connectivity index (χ2v) is 5.44. The fourth-order valence-electron chi connectivity index (χ4n) is 2.06. The minimum Gasteiger partial charge on any atom is -0.488 e. The maximum atomic E-state index is 12.5. The van der Waals surface area contributed by atoms with E-state index in [1.165, 1.54) is 0 Å². The van der Waals surface area contributed by atoms with Gasteiger partial charge >= 0.3 is 0 Å². The van der Waals surface area contributed by atoms with Crippen molar-refractivity contribution >= 4 is 11.6 Å². The predicted molar refractivity (Wildman–Crippen MR) is 90.6 cm³/mol. The van der Waals surface area contributed by atoms with E-state index in [-0.39, 0.29) is 5.91 Å². The zero-order valence-electron chi connectivity index (χ0n) is 13.3. The molecule has 0 radical (unpaired) electrons. The van der Waals surface area contributed by atoms with Gasteiger partial charge in [0.05, 0.1) is 5.56 Å².